The lowest BCUT2D eigenvalue weighted by atomic mass is 10.1. The summed E-state index contributed by atoms with van der Waals surface area (Å²) >= 11 is 0. The summed E-state index contributed by atoms with van der Waals surface area (Å²) in [6.07, 6.45) is 0.585. The highest BCUT2D eigenvalue weighted by Gasteiger charge is 2.41. The maximum Gasteiger partial charge on any atom is 0.434 e. The first-order chi connectivity index (χ1) is 16.2. The quantitative estimate of drug-likeness (QED) is 0.678. The van der Waals surface area contributed by atoms with Gasteiger partial charge in [0.15, 0.2) is 5.69 Å². The van der Waals surface area contributed by atoms with Crippen LogP contribution in [0.25, 0.3) is 5.69 Å². The molecule has 0 atom stereocenters. The molecule has 2 saturated heterocycles. The predicted molar refractivity (Wildman–Crippen MR) is 121 cm³/mol. The largest absolute Gasteiger partial charge is 0.434 e. The number of carbonyl (C=O) groups is 2. The third-order valence-electron chi connectivity index (χ3n) is 6.52. The van der Waals surface area contributed by atoms with Gasteiger partial charge in [-0.05, 0) is 31.9 Å². The van der Waals surface area contributed by atoms with Gasteiger partial charge in [0, 0.05) is 39.3 Å². The minimum absolute atomic E-state index is 0.0837. The number of alkyl halides is 3. The van der Waals surface area contributed by atoms with E-state index in [1.807, 2.05) is 16.7 Å². The number of carbonyl (C=O) groups excluding carboxylic acids is 2. The van der Waals surface area contributed by atoms with Crippen molar-refractivity contribution < 1.29 is 22.8 Å². The standard InChI is InChI=1S/C24H30F3N5O2/c1-18-6-8-19(9-7-18)32-22(24(25,26)27)20(16-28-32)23(34)31-14-12-29(13-15-31)17-21(33)30-10-4-2-3-5-11-30/h6-9,16H,2-5,10-15,17H2,1H3. The van der Waals surface area contributed by atoms with E-state index in [2.05, 4.69) is 5.10 Å². The molecule has 1 aromatic carbocycles. The number of amides is 2. The van der Waals surface area contributed by atoms with Crippen LogP contribution >= 0.6 is 0 Å². The molecule has 0 radical (unpaired) electrons. The van der Waals surface area contributed by atoms with E-state index < -0.39 is 23.3 Å². The fraction of sp³-hybridized carbons (Fsp3) is 0.542. The first-order valence-electron chi connectivity index (χ1n) is 11.8. The highest BCUT2D eigenvalue weighted by molar-refractivity contribution is 5.95. The van der Waals surface area contributed by atoms with E-state index in [-0.39, 0.29) is 31.2 Å². The first kappa shape index (κ1) is 24.3. The molecule has 0 unspecified atom stereocenters. The Morgan fingerprint density at radius 1 is 0.882 bits per heavy atom. The highest BCUT2D eigenvalue weighted by atomic mass is 19.4. The van der Waals surface area contributed by atoms with Gasteiger partial charge in [-0.25, -0.2) is 4.68 Å². The molecule has 10 heteroatoms. The second-order valence-corrected chi connectivity index (χ2v) is 9.02. The fourth-order valence-corrected chi connectivity index (χ4v) is 4.55. The van der Waals surface area contributed by atoms with Crippen LogP contribution in [0, 0.1) is 6.92 Å². The third kappa shape index (κ3) is 5.43. The summed E-state index contributed by atoms with van der Waals surface area (Å²) in [4.78, 5) is 31.0. The van der Waals surface area contributed by atoms with Crippen molar-refractivity contribution in [1.82, 2.24) is 24.5 Å². The summed E-state index contributed by atoms with van der Waals surface area (Å²) in [5.74, 6) is -0.607. The van der Waals surface area contributed by atoms with Crippen molar-refractivity contribution in [2.45, 2.75) is 38.8 Å². The van der Waals surface area contributed by atoms with Crippen molar-refractivity contribution in [3.63, 3.8) is 0 Å². The topological polar surface area (TPSA) is 61.7 Å². The van der Waals surface area contributed by atoms with E-state index in [1.165, 1.54) is 4.90 Å². The van der Waals surface area contributed by atoms with Crippen LogP contribution in [-0.2, 0) is 11.0 Å². The van der Waals surface area contributed by atoms with Crippen molar-refractivity contribution in [2.75, 3.05) is 45.8 Å². The number of rotatable bonds is 4. The van der Waals surface area contributed by atoms with Crippen molar-refractivity contribution >= 4 is 11.8 Å². The van der Waals surface area contributed by atoms with Crippen LogP contribution < -0.4 is 0 Å². The number of benzene rings is 1. The van der Waals surface area contributed by atoms with E-state index in [0.29, 0.717) is 13.1 Å². The second-order valence-electron chi connectivity index (χ2n) is 9.02. The summed E-state index contributed by atoms with van der Waals surface area (Å²) in [7, 11) is 0. The van der Waals surface area contributed by atoms with Gasteiger partial charge in [-0.3, -0.25) is 14.5 Å². The smallest absolute Gasteiger partial charge is 0.342 e. The van der Waals surface area contributed by atoms with Crippen molar-refractivity contribution in [1.29, 1.82) is 0 Å². The molecule has 7 nitrogen and oxygen atoms in total. The van der Waals surface area contributed by atoms with Gasteiger partial charge < -0.3 is 9.80 Å². The number of hydrogen-bond donors (Lipinski definition) is 0. The minimum atomic E-state index is -4.74. The lowest BCUT2D eigenvalue weighted by molar-refractivity contribution is -0.143. The van der Waals surface area contributed by atoms with Gasteiger partial charge in [0.25, 0.3) is 5.91 Å². The number of piperazine rings is 1. The number of hydrogen-bond acceptors (Lipinski definition) is 4. The van der Waals surface area contributed by atoms with Gasteiger partial charge >= 0.3 is 6.18 Å². The molecule has 0 aliphatic carbocycles. The summed E-state index contributed by atoms with van der Waals surface area (Å²) < 4.78 is 42.7. The van der Waals surface area contributed by atoms with Gasteiger partial charge in [0.1, 0.15) is 0 Å². The van der Waals surface area contributed by atoms with Crippen LogP contribution in [0.1, 0.15) is 47.3 Å². The molecule has 0 saturated carbocycles. The molecule has 2 aromatic rings. The molecule has 2 amide bonds. The lowest BCUT2D eigenvalue weighted by Gasteiger charge is -2.35. The molecule has 3 heterocycles. The number of aromatic nitrogens is 2. The van der Waals surface area contributed by atoms with Crippen molar-refractivity contribution in [3.05, 3.63) is 47.3 Å². The Hall–Kier alpha value is -2.88. The first-order valence-corrected chi connectivity index (χ1v) is 11.8. The fourth-order valence-electron chi connectivity index (χ4n) is 4.55. The molecule has 1 aromatic heterocycles. The van der Waals surface area contributed by atoms with Crippen LogP contribution in [0.2, 0.25) is 0 Å². The van der Waals surface area contributed by atoms with Gasteiger partial charge in [0.05, 0.1) is 24.0 Å². The molecular formula is C24H30F3N5O2. The molecule has 0 spiro atoms. The normalized spacial score (nSPS) is 18.1. The van der Waals surface area contributed by atoms with E-state index >= 15 is 0 Å². The van der Waals surface area contributed by atoms with E-state index in [0.717, 1.165) is 55.2 Å². The van der Waals surface area contributed by atoms with Crippen LogP contribution in [0.4, 0.5) is 13.2 Å². The zero-order valence-electron chi connectivity index (χ0n) is 19.4. The molecule has 2 aliphatic heterocycles. The predicted octanol–water partition coefficient (Wildman–Crippen LogP) is 3.36. The van der Waals surface area contributed by atoms with Crippen LogP contribution in [-0.4, -0.2) is 82.1 Å². The monoisotopic (exact) mass is 477 g/mol. The Kier molecular flexibility index (Phi) is 7.25. The van der Waals surface area contributed by atoms with E-state index in [1.54, 1.807) is 24.3 Å². The summed E-state index contributed by atoms with van der Waals surface area (Å²) in [6, 6.07) is 6.49. The number of aryl methyl sites for hydroxylation is 1. The maximum absolute atomic E-state index is 14.0. The number of halogens is 3. The van der Waals surface area contributed by atoms with E-state index in [9.17, 15) is 22.8 Å². The molecular weight excluding hydrogens is 447 g/mol. The number of likely N-dealkylation sites (tertiary alicyclic amines) is 1. The zero-order valence-corrected chi connectivity index (χ0v) is 19.4. The Labute approximate surface area is 197 Å². The summed E-state index contributed by atoms with van der Waals surface area (Å²) in [5, 5.41) is 3.90. The van der Waals surface area contributed by atoms with Gasteiger partial charge in [-0.2, -0.15) is 18.3 Å². The van der Waals surface area contributed by atoms with Crippen molar-refractivity contribution in [2.24, 2.45) is 0 Å². The average Bonchev–Trinajstić information content (AvgIpc) is 3.08. The Morgan fingerprint density at radius 3 is 2.09 bits per heavy atom. The SMILES string of the molecule is Cc1ccc(-n2ncc(C(=O)N3CCN(CC(=O)N4CCCCCC4)CC3)c2C(F)(F)F)cc1. The van der Waals surface area contributed by atoms with Crippen LogP contribution in [0.3, 0.4) is 0 Å². The molecule has 0 bridgehead atoms. The maximum atomic E-state index is 14.0. The average molecular weight is 478 g/mol. The van der Waals surface area contributed by atoms with Gasteiger partial charge in [-0.15, -0.1) is 0 Å². The van der Waals surface area contributed by atoms with Crippen molar-refractivity contribution in [3.8, 4) is 5.69 Å². The molecule has 2 fully saturated rings. The minimum Gasteiger partial charge on any atom is -0.342 e. The zero-order chi connectivity index (χ0) is 24.3. The summed E-state index contributed by atoms with van der Waals surface area (Å²) in [6.45, 7) is 5.09. The Morgan fingerprint density at radius 2 is 1.50 bits per heavy atom. The highest BCUT2D eigenvalue weighted by Crippen LogP contribution is 2.34. The molecule has 4 rings (SSSR count). The molecule has 34 heavy (non-hydrogen) atoms. The lowest BCUT2D eigenvalue weighted by Crippen LogP contribution is -2.51. The van der Waals surface area contributed by atoms with Gasteiger partial charge in [0.2, 0.25) is 5.91 Å². The van der Waals surface area contributed by atoms with Crippen LogP contribution in [0.5, 0.6) is 0 Å². The van der Waals surface area contributed by atoms with Crippen LogP contribution in [0.15, 0.2) is 30.5 Å². The molecule has 0 N–H and O–H groups in total. The third-order valence-corrected chi connectivity index (χ3v) is 6.52. The molecule has 184 valence electrons. The Balaban J connectivity index is 1.43. The van der Waals surface area contributed by atoms with E-state index in [4.69, 9.17) is 0 Å². The number of nitrogens with zero attached hydrogens (tertiary/aromatic N) is 5. The Bertz CT molecular complexity index is 1000. The molecule has 2 aliphatic rings. The van der Waals surface area contributed by atoms with Gasteiger partial charge in [-0.1, -0.05) is 30.5 Å². The second kappa shape index (κ2) is 10.2. The summed E-state index contributed by atoms with van der Waals surface area (Å²) in [5.41, 5.74) is -0.371.